The number of carboxylic acid groups (broad SMARTS) is 4. The maximum atomic E-state index is 10.4. The molecule has 34 heavy (non-hydrogen) atoms. The Bertz CT molecular complexity index is 826. The lowest BCUT2D eigenvalue weighted by atomic mass is 10.1. The summed E-state index contributed by atoms with van der Waals surface area (Å²) in [6.45, 7) is -0.979. The third-order valence-electron chi connectivity index (χ3n) is 3.26. The maximum absolute atomic E-state index is 10.4. The Morgan fingerprint density at radius 3 is 1.03 bits per heavy atom. The first kappa shape index (κ1) is 32.3. The quantitative estimate of drug-likeness (QED) is 0.239. The molecule has 0 unspecified atom stereocenters. The van der Waals surface area contributed by atoms with Gasteiger partial charge in [0, 0.05) is 0 Å². The van der Waals surface area contributed by atoms with E-state index in [4.69, 9.17) is 46.0 Å². The lowest BCUT2D eigenvalue weighted by Crippen LogP contribution is -2.15. The first-order valence-electron chi connectivity index (χ1n) is 9.19. The van der Waals surface area contributed by atoms with Crippen LogP contribution < -0.4 is 0 Å². The van der Waals surface area contributed by atoms with Crippen molar-refractivity contribution in [3.63, 3.8) is 0 Å². The number of carboxylic acids is 4. The Balaban J connectivity index is 0. The molecule has 2 aromatic rings. The summed E-state index contributed by atoms with van der Waals surface area (Å²) in [5.41, 5.74) is 0.129. The molecule has 0 saturated heterocycles. The van der Waals surface area contributed by atoms with E-state index in [2.05, 4.69) is 0 Å². The molecule has 0 aliphatic rings. The van der Waals surface area contributed by atoms with Crippen LogP contribution in [0.15, 0.2) is 48.5 Å². The molecule has 2 rings (SSSR count). The highest BCUT2D eigenvalue weighted by molar-refractivity contribution is 5.93. The second-order valence-corrected chi connectivity index (χ2v) is 5.84. The zero-order valence-electron chi connectivity index (χ0n) is 17.7. The number of hydrogen-bond acceptors (Lipinski definition) is 9. The van der Waals surface area contributed by atoms with Gasteiger partial charge in [0.25, 0.3) is 0 Å². The second kappa shape index (κ2) is 18.7. The summed E-state index contributed by atoms with van der Waals surface area (Å²) in [7, 11) is 0. The highest BCUT2D eigenvalue weighted by Gasteiger charge is 2.07. The fraction of sp³-hybridized carbons (Fsp3) is 0.238. The van der Waals surface area contributed by atoms with Crippen LogP contribution in [-0.2, 0) is 0 Å². The van der Waals surface area contributed by atoms with Crippen LogP contribution in [0.25, 0.3) is 0 Å². The minimum Gasteiger partial charge on any atom is -0.478 e. The van der Waals surface area contributed by atoms with Crippen molar-refractivity contribution >= 4 is 23.9 Å². The number of aromatic carboxylic acids is 4. The van der Waals surface area contributed by atoms with Gasteiger partial charge in [-0.1, -0.05) is 6.07 Å². The van der Waals surface area contributed by atoms with E-state index < -0.39 is 30.0 Å². The Morgan fingerprint density at radius 1 is 0.559 bits per heavy atom. The zero-order chi connectivity index (χ0) is 26.7. The molecule has 0 saturated carbocycles. The van der Waals surface area contributed by atoms with Gasteiger partial charge in [0.2, 0.25) is 0 Å². The van der Waals surface area contributed by atoms with E-state index in [9.17, 15) is 19.2 Å². The van der Waals surface area contributed by atoms with Gasteiger partial charge in [-0.2, -0.15) is 0 Å². The molecule has 9 N–H and O–H groups in total. The van der Waals surface area contributed by atoms with E-state index in [0.29, 0.717) is 0 Å². The van der Waals surface area contributed by atoms with Crippen molar-refractivity contribution in [2.24, 2.45) is 0 Å². The number of aliphatic hydroxyl groups is 5. The van der Waals surface area contributed by atoms with Crippen LogP contribution in [0, 0.1) is 0 Å². The molecule has 0 aliphatic heterocycles. The predicted molar refractivity (Wildman–Crippen MR) is 115 cm³/mol. The molecule has 188 valence electrons. The number of aliphatic hydroxyl groups excluding tert-OH is 5. The van der Waals surface area contributed by atoms with Crippen molar-refractivity contribution in [2.45, 2.75) is 6.10 Å². The molecule has 0 aromatic heterocycles. The van der Waals surface area contributed by atoms with Gasteiger partial charge in [-0.3, -0.25) is 0 Å². The summed E-state index contributed by atoms with van der Waals surface area (Å²) in [4.78, 5) is 41.4. The van der Waals surface area contributed by atoms with Gasteiger partial charge in [0.15, 0.2) is 0 Å². The third kappa shape index (κ3) is 15.0. The Hall–Kier alpha value is -3.88. The minimum atomic E-state index is -1.13. The van der Waals surface area contributed by atoms with Crippen molar-refractivity contribution < 1.29 is 65.1 Å². The van der Waals surface area contributed by atoms with Crippen LogP contribution in [0.1, 0.15) is 41.4 Å². The lowest BCUT2D eigenvalue weighted by molar-refractivity contribution is 0.0450. The average molecular weight is 486 g/mol. The summed E-state index contributed by atoms with van der Waals surface area (Å²) in [5.74, 6) is -4.38. The summed E-state index contributed by atoms with van der Waals surface area (Å²) in [5, 5.41) is 73.2. The molecule has 0 aliphatic carbocycles. The van der Waals surface area contributed by atoms with Crippen LogP contribution >= 0.6 is 0 Å². The highest BCUT2D eigenvalue weighted by atomic mass is 16.4. The molecular weight excluding hydrogens is 460 g/mol. The van der Waals surface area contributed by atoms with E-state index in [1.54, 1.807) is 0 Å². The monoisotopic (exact) mass is 486 g/mol. The molecule has 0 amide bonds. The Morgan fingerprint density at radius 2 is 0.853 bits per heavy atom. The molecule has 13 nitrogen and oxygen atoms in total. The number of rotatable bonds is 7. The number of hydrogen-bond donors (Lipinski definition) is 9. The SMILES string of the molecule is O=C(O)c1ccc(C(=O)O)cc1.O=C(O)c1cccc(C(=O)O)c1.OCC(O)CO.OCCO. The normalized spacial score (nSPS) is 9.24. The topological polar surface area (TPSA) is 250 Å². The minimum absolute atomic E-state index is 0.0186. The lowest BCUT2D eigenvalue weighted by Gasteiger charge is -1.96. The van der Waals surface area contributed by atoms with Crippen LogP contribution in [0.4, 0.5) is 0 Å². The highest BCUT2D eigenvalue weighted by Crippen LogP contribution is 2.05. The van der Waals surface area contributed by atoms with Crippen molar-refractivity contribution in [1.82, 2.24) is 0 Å². The first-order valence-corrected chi connectivity index (χ1v) is 9.19. The Labute approximate surface area is 193 Å². The van der Waals surface area contributed by atoms with Gasteiger partial charge < -0.3 is 46.0 Å². The van der Waals surface area contributed by atoms with Gasteiger partial charge >= 0.3 is 23.9 Å². The van der Waals surface area contributed by atoms with E-state index in [1.165, 1.54) is 42.5 Å². The van der Waals surface area contributed by atoms with Gasteiger partial charge in [-0.05, 0) is 42.5 Å². The van der Waals surface area contributed by atoms with Crippen molar-refractivity contribution in [3.05, 3.63) is 70.8 Å². The van der Waals surface area contributed by atoms with E-state index in [-0.39, 0.29) is 48.7 Å². The summed E-state index contributed by atoms with van der Waals surface area (Å²) in [6.07, 6.45) is -0.954. The fourth-order valence-corrected chi connectivity index (χ4v) is 1.60. The molecule has 0 radical (unpaired) electrons. The molecule has 0 atom stereocenters. The van der Waals surface area contributed by atoms with Crippen LogP contribution in [0.2, 0.25) is 0 Å². The molecule has 0 bridgehead atoms. The smallest absolute Gasteiger partial charge is 0.335 e. The summed E-state index contributed by atoms with van der Waals surface area (Å²) < 4.78 is 0. The molecule has 2 aromatic carbocycles. The van der Waals surface area contributed by atoms with Gasteiger partial charge in [-0.15, -0.1) is 0 Å². The average Bonchev–Trinajstić information content (AvgIpc) is 2.84. The third-order valence-corrected chi connectivity index (χ3v) is 3.26. The van der Waals surface area contributed by atoms with Crippen LogP contribution in [-0.4, -0.2) is 102 Å². The van der Waals surface area contributed by atoms with Crippen molar-refractivity contribution in [2.75, 3.05) is 26.4 Å². The van der Waals surface area contributed by atoms with E-state index >= 15 is 0 Å². The molecule has 0 heterocycles. The van der Waals surface area contributed by atoms with E-state index in [1.807, 2.05) is 0 Å². The van der Waals surface area contributed by atoms with Gasteiger partial charge in [0.1, 0.15) is 6.10 Å². The summed E-state index contributed by atoms with van der Waals surface area (Å²) >= 11 is 0. The van der Waals surface area contributed by atoms with Crippen molar-refractivity contribution in [3.8, 4) is 0 Å². The predicted octanol–water partition coefficient (Wildman–Crippen LogP) is -0.531. The second-order valence-electron chi connectivity index (χ2n) is 5.84. The van der Waals surface area contributed by atoms with Crippen LogP contribution in [0.3, 0.4) is 0 Å². The number of benzene rings is 2. The number of carbonyl (C=O) groups is 4. The summed E-state index contributed by atoms with van der Waals surface area (Å²) in [6, 6.07) is 10.2. The molecular formula is C21H26O13. The van der Waals surface area contributed by atoms with Gasteiger partial charge in [0.05, 0.1) is 48.7 Å². The molecule has 0 fully saturated rings. The standard InChI is InChI=1S/2C8H6O4.C3H8O3.C2H6O2/c9-7(10)5-1-2-6(4-3-5)8(11)12;9-7(10)5-2-1-3-6(4-5)8(11)12;4-1-3(6)2-5;3-1-2-4/h2*1-4H,(H,9,10)(H,11,12);3-6H,1-2H2;3-4H,1-2H2. The Kier molecular flexibility index (Phi) is 17.7. The molecule has 0 spiro atoms. The van der Waals surface area contributed by atoms with Crippen LogP contribution in [0.5, 0.6) is 0 Å². The van der Waals surface area contributed by atoms with Crippen molar-refractivity contribution in [1.29, 1.82) is 0 Å². The van der Waals surface area contributed by atoms with Gasteiger partial charge in [-0.25, -0.2) is 19.2 Å². The largest absolute Gasteiger partial charge is 0.478 e. The van der Waals surface area contributed by atoms with E-state index in [0.717, 1.165) is 6.07 Å². The fourth-order valence-electron chi connectivity index (χ4n) is 1.60. The first-order chi connectivity index (χ1) is 15.9. The zero-order valence-corrected chi connectivity index (χ0v) is 17.7. The molecule has 13 heteroatoms. The maximum Gasteiger partial charge on any atom is 0.335 e.